The van der Waals surface area contributed by atoms with Crippen molar-refractivity contribution >= 4 is 16.9 Å². The number of carboxylic acid groups (broad SMARTS) is 1. The first-order valence-electron chi connectivity index (χ1n) is 8.02. The second kappa shape index (κ2) is 5.95. The molecule has 0 radical (unpaired) electrons. The van der Waals surface area contributed by atoms with E-state index in [0.717, 1.165) is 5.52 Å². The smallest absolute Gasteiger partial charge is 0.341 e. The van der Waals surface area contributed by atoms with Crippen LogP contribution in [-0.2, 0) is 6.54 Å². The number of hydrogen-bond acceptors (Lipinski definition) is 2. The van der Waals surface area contributed by atoms with Gasteiger partial charge in [0.25, 0.3) is 0 Å². The molecule has 22 heavy (non-hydrogen) atoms. The lowest BCUT2D eigenvalue weighted by molar-refractivity contribution is 0.0695. The number of hydrogen-bond donors (Lipinski definition) is 1. The predicted molar refractivity (Wildman–Crippen MR) is 86.7 cm³/mol. The van der Waals surface area contributed by atoms with Gasteiger partial charge in [0.15, 0.2) is 0 Å². The van der Waals surface area contributed by atoms with Crippen molar-refractivity contribution in [3.8, 4) is 0 Å². The topological polar surface area (TPSA) is 59.3 Å². The van der Waals surface area contributed by atoms with Crippen molar-refractivity contribution in [2.24, 2.45) is 0 Å². The number of rotatable bonds is 3. The van der Waals surface area contributed by atoms with Crippen LogP contribution in [0.1, 0.15) is 60.9 Å². The molecule has 3 rings (SSSR count). The fourth-order valence-corrected chi connectivity index (χ4v) is 3.51. The van der Waals surface area contributed by atoms with Crippen molar-refractivity contribution in [1.82, 2.24) is 4.57 Å². The van der Waals surface area contributed by atoms with E-state index < -0.39 is 5.97 Å². The third-order valence-electron chi connectivity index (χ3n) is 4.75. The summed E-state index contributed by atoms with van der Waals surface area (Å²) in [7, 11) is 0. The van der Waals surface area contributed by atoms with E-state index in [0.29, 0.717) is 17.8 Å². The summed E-state index contributed by atoms with van der Waals surface area (Å²) in [6, 6.07) is 5.90. The molecule has 1 N–H and O–H groups in total. The van der Waals surface area contributed by atoms with Gasteiger partial charge < -0.3 is 9.67 Å². The van der Waals surface area contributed by atoms with Gasteiger partial charge >= 0.3 is 5.97 Å². The molecule has 0 amide bonds. The Morgan fingerprint density at radius 2 is 2.00 bits per heavy atom. The third-order valence-corrected chi connectivity index (χ3v) is 4.75. The molecule has 0 saturated heterocycles. The van der Waals surface area contributed by atoms with Crippen LogP contribution in [0.4, 0.5) is 0 Å². The minimum absolute atomic E-state index is 0.153. The molecular formula is C18H21NO3. The summed E-state index contributed by atoms with van der Waals surface area (Å²) in [5.74, 6) is -0.594. The maximum atomic E-state index is 12.3. The van der Waals surface area contributed by atoms with Gasteiger partial charge in [-0.3, -0.25) is 4.79 Å². The Kier molecular flexibility index (Phi) is 4.01. The predicted octanol–water partition coefficient (Wildman–Crippen LogP) is 3.77. The summed E-state index contributed by atoms with van der Waals surface area (Å²) in [6.45, 7) is 2.61. The van der Waals surface area contributed by atoms with Gasteiger partial charge in [0.2, 0.25) is 5.43 Å². The number of benzene rings is 1. The van der Waals surface area contributed by atoms with Crippen molar-refractivity contribution in [3.05, 3.63) is 45.7 Å². The average Bonchev–Trinajstić information content (AvgIpc) is 2.55. The van der Waals surface area contributed by atoms with Crippen LogP contribution in [0, 0.1) is 0 Å². The maximum Gasteiger partial charge on any atom is 0.341 e. The van der Waals surface area contributed by atoms with Crippen molar-refractivity contribution in [1.29, 1.82) is 0 Å². The standard InChI is InChI=1S/C18H21NO3/c1-2-19-11-15(18(21)22)17(20)14-9-8-13(10-16(14)19)12-6-4-3-5-7-12/h8-12H,2-7H2,1H3,(H,21,22). The zero-order valence-electron chi connectivity index (χ0n) is 12.8. The number of pyridine rings is 1. The zero-order chi connectivity index (χ0) is 15.7. The van der Waals surface area contributed by atoms with Crippen molar-refractivity contribution in [2.45, 2.75) is 51.5 Å². The molecule has 1 fully saturated rings. The molecule has 4 heteroatoms. The highest BCUT2D eigenvalue weighted by molar-refractivity contribution is 5.92. The number of aryl methyl sites for hydroxylation is 1. The Bertz CT molecular complexity index is 770. The van der Waals surface area contributed by atoms with Gasteiger partial charge in [0.1, 0.15) is 5.56 Å². The van der Waals surface area contributed by atoms with E-state index in [-0.39, 0.29) is 11.0 Å². The van der Waals surface area contributed by atoms with Crippen LogP contribution in [0.25, 0.3) is 10.9 Å². The number of aromatic nitrogens is 1. The second-order valence-electron chi connectivity index (χ2n) is 6.07. The van der Waals surface area contributed by atoms with Gasteiger partial charge in [-0.1, -0.05) is 25.3 Å². The van der Waals surface area contributed by atoms with Gasteiger partial charge in [-0.05, 0) is 43.4 Å². The Hall–Kier alpha value is -2.10. The van der Waals surface area contributed by atoms with Crippen LogP contribution >= 0.6 is 0 Å². The van der Waals surface area contributed by atoms with Gasteiger partial charge in [0, 0.05) is 18.1 Å². The van der Waals surface area contributed by atoms with Crippen molar-refractivity contribution in [2.75, 3.05) is 0 Å². The molecule has 0 bridgehead atoms. The van der Waals surface area contributed by atoms with E-state index in [1.165, 1.54) is 43.9 Å². The summed E-state index contributed by atoms with van der Waals surface area (Å²) in [5, 5.41) is 9.69. The summed E-state index contributed by atoms with van der Waals surface area (Å²) < 4.78 is 1.87. The van der Waals surface area contributed by atoms with Crippen molar-refractivity contribution < 1.29 is 9.90 Å². The Morgan fingerprint density at radius 1 is 1.27 bits per heavy atom. The normalized spacial score (nSPS) is 16.0. The van der Waals surface area contributed by atoms with Gasteiger partial charge in [-0.2, -0.15) is 0 Å². The van der Waals surface area contributed by atoms with Crippen LogP contribution in [0.5, 0.6) is 0 Å². The van der Waals surface area contributed by atoms with E-state index >= 15 is 0 Å². The first kappa shape index (κ1) is 14.8. The quantitative estimate of drug-likeness (QED) is 0.938. The highest BCUT2D eigenvalue weighted by Crippen LogP contribution is 2.33. The molecule has 4 nitrogen and oxygen atoms in total. The van der Waals surface area contributed by atoms with Crippen LogP contribution in [0.2, 0.25) is 0 Å². The summed E-state index contributed by atoms with van der Waals surface area (Å²) >= 11 is 0. The lowest BCUT2D eigenvalue weighted by Gasteiger charge is -2.22. The highest BCUT2D eigenvalue weighted by Gasteiger charge is 2.18. The number of aromatic carboxylic acids is 1. The highest BCUT2D eigenvalue weighted by atomic mass is 16.4. The molecule has 0 atom stereocenters. The van der Waals surface area contributed by atoms with E-state index in [2.05, 4.69) is 6.07 Å². The van der Waals surface area contributed by atoms with Crippen LogP contribution in [0.15, 0.2) is 29.2 Å². The Labute approximate surface area is 129 Å². The summed E-state index contributed by atoms with van der Waals surface area (Å²) in [5.41, 5.74) is 1.58. The molecule has 2 aromatic rings. The molecule has 1 heterocycles. The largest absolute Gasteiger partial charge is 0.477 e. The molecule has 1 aliphatic carbocycles. The minimum Gasteiger partial charge on any atom is -0.477 e. The van der Waals surface area contributed by atoms with Crippen LogP contribution in [-0.4, -0.2) is 15.6 Å². The lowest BCUT2D eigenvalue weighted by atomic mass is 9.84. The Balaban J connectivity index is 2.17. The monoisotopic (exact) mass is 299 g/mol. The molecule has 1 aromatic carbocycles. The molecule has 1 aliphatic rings. The fourth-order valence-electron chi connectivity index (χ4n) is 3.51. The molecule has 1 aromatic heterocycles. The molecule has 1 saturated carbocycles. The number of fused-ring (bicyclic) bond motifs is 1. The van der Waals surface area contributed by atoms with Gasteiger partial charge in [-0.25, -0.2) is 4.79 Å². The summed E-state index contributed by atoms with van der Waals surface area (Å²) in [4.78, 5) is 23.6. The fraction of sp³-hybridized carbons (Fsp3) is 0.444. The lowest BCUT2D eigenvalue weighted by Crippen LogP contribution is -2.19. The first-order chi connectivity index (χ1) is 10.6. The molecular weight excluding hydrogens is 278 g/mol. The molecule has 0 aliphatic heterocycles. The zero-order valence-corrected chi connectivity index (χ0v) is 12.8. The third kappa shape index (κ3) is 2.54. The average molecular weight is 299 g/mol. The van der Waals surface area contributed by atoms with E-state index in [4.69, 9.17) is 0 Å². The number of carbonyl (C=O) groups is 1. The Morgan fingerprint density at radius 3 is 2.64 bits per heavy atom. The molecule has 116 valence electrons. The van der Waals surface area contributed by atoms with Gasteiger partial charge in [0.05, 0.1) is 5.52 Å². The minimum atomic E-state index is -1.16. The van der Waals surface area contributed by atoms with E-state index in [9.17, 15) is 14.7 Å². The number of nitrogens with zero attached hydrogens (tertiary/aromatic N) is 1. The second-order valence-corrected chi connectivity index (χ2v) is 6.07. The van der Waals surface area contributed by atoms with Crippen LogP contribution < -0.4 is 5.43 Å². The summed E-state index contributed by atoms with van der Waals surface area (Å²) in [6.07, 6.45) is 7.72. The molecule has 0 unspecified atom stereocenters. The number of carboxylic acids is 1. The van der Waals surface area contributed by atoms with E-state index in [1.807, 2.05) is 17.6 Å². The van der Waals surface area contributed by atoms with Gasteiger partial charge in [-0.15, -0.1) is 0 Å². The SMILES string of the molecule is CCn1cc(C(=O)O)c(=O)c2ccc(C3CCCCC3)cc21. The van der Waals surface area contributed by atoms with E-state index in [1.54, 1.807) is 6.07 Å². The maximum absolute atomic E-state index is 12.3. The molecule has 0 spiro atoms. The van der Waals surface area contributed by atoms with Crippen molar-refractivity contribution in [3.63, 3.8) is 0 Å². The van der Waals surface area contributed by atoms with Crippen LogP contribution in [0.3, 0.4) is 0 Å². The first-order valence-corrected chi connectivity index (χ1v) is 8.02.